The second-order valence-corrected chi connectivity index (χ2v) is 9.13. The first-order valence-corrected chi connectivity index (χ1v) is 12.2. The van der Waals surface area contributed by atoms with Gasteiger partial charge in [-0.25, -0.2) is 0 Å². The third kappa shape index (κ3) is 8.26. The van der Waals surface area contributed by atoms with Crippen LogP contribution in [0.2, 0.25) is 0 Å². The second kappa shape index (κ2) is 14.6. The van der Waals surface area contributed by atoms with E-state index in [0.717, 1.165) is 51.4 Å². The first kappa shape index (κ1) is 25.8. The molecule has 2 unspecified atom stereocenters. The van der Waals surface area contributed by atoms with Crippen LogP contribution in [0.15, 0.2) is 22.5 Å². The maximum Gasteiger partial charge on any atom is 0.191 e. The third-order valence-corrected chi connectivity index (χ3v) is 7.12. The summed E-state index contributed by atoms with van der Waals surface area (Å²) in [7, 11) is 1.86. The van der Waals surface area contributed by atoms with Gasteiger partial charge in [-0.1, -0.05) is 12.5 Å². The van der Waals surface area contributed by atoms with Crippen molar-refractivity contribution in [1.82, 2.24) is 20.4 Å². The molecule has 0 amide bonds. The van der Waals surface area contributed by atoms with E-state index in [0.29, 0.717) is 6.04 Å². The zero-order valence-corrected chi connectivity index (χ0v) is 21.8. The van der Waals surface area contributed by atoms with E-state index in [1.165, 1.54) is 50.1 Å². The van der Waals surface area contributed by atoms with Crippen LogP contribution in [0.4, 0.5) is 0 Å². The summed E-state index contributed by atoms with van der Waals surface area (Å²) in [5.74, 6) is 0.908. The first-order valence-electron chi connectivity index (χ1n) is 11.3. The number of ether oxygens (including phenoxy) is 1. The maximum atomic E-state index is 5.54. The Labute approximate surface area is 203 Å². The van der Waals surface area contributed by atoms with E-state index in [1.807, 2.05) is 18.4 Å². The van der Waals surface area contributed by atoms with Crippen LogP contribution in [0.1, 0.15) is 49.9 Å². The summed E-state index contributed by atoms with van der Waals surface area (Å²) in [6.45, 7) is 10.4. The largest absolute Gasteiger partial charge is 0.379 e. The summed E-state index contributed by atoms with van der Waals surface area (Å²) in [5.41, 5.74) is 0. The molecule has 1 aromatic rings. The molecular formula is C22H40IN5OS. The van der Waals surface area contributed by atoms with E-state index >= 15 is 0 Å². The highest BCUT2D eigenvalue weighted by Crippen LogP contribution is 2.25. The zero-order chi connectivity index (χ0) is 20.3. The van der Waals surface area contributed by atoms with Crippen LogP contribution in [-0.2, 0) is 4.74 Å². The molecule has 172 valence electrons. The van der Waals surface area contributed by atoms with Crippen molar-refractivity contribution in [2.45, 2.75) is 51.1 Å². The number of hydrogen-bond acceptors (Lipinski definition) is 5. The Morgan fingerprint density at radius 2 is 2.07 bits per heavy atom. The van der Waals surface area contributed by atoms with E-state index in [-0.39, 0.29) is 24.0 Å². The van der Waals surface area contributed by atoms with Gasteiger partial charge < -0.3 is 20.3 Å². The SMILES string of the molecule is CN=C(NCCCCN1CCCCC1C)NCC(c1cccs1)N1CCOCC1.I. The normalized spacial score (nSPS) is 22.3. The van der Waals surface area contributed by atoms with Crippen LogP contribution in [0.5, 0.6) is 0 Å². The number of hydrogen-bond donors (Lipinski definition) is 2. The number of nitrogens with zero attached hydrogens (tertiary/aromatic N) is 3. The number of piperidine rings is 1. The lowest BCUT2D eigenvalue weighted by atomic mass is 10.0. The van der Waals surface area contributed by atoms with Gasteiger partial charge >= 0.3 is 0 Å². The molecule has 8 heteroatoms. The van der Waals surface area contributed by atoms with Gasteiger partial charge in [0.25, 0.3) is 0 Å². The number of aliphatic imine (C=N–C) groups is 1. The van der Waals surface area contributed by atoms with Gasteiger partial charge in [0.1, 0.15) is 0 Å². The van der Waals surface area contributed by atoms with E-state index in [4.69, 9.17) is 4.74 Å². The lowest BCUT2D eigenvalue weighted by Crippen LogP contribution is -2.46. The quantitative estimate of drug-likeness (QED) is 0.214. The molecule has 2 saturated heterocycles. The number of morpholine rings is 1. The second-order valence-electron chi connectivity index (χ2n) is 8.15. The Morgan fingerprint density at radius 3 is 2.77 bits per heavy atom. The molecule has 1 aromatic heterocycles. The molecule has 30 heavy (non-hydrogen) atoms. The van der Waals surface area contributed by atoms with Crippen molar-refractivity contribution in [3.05, 3.63) is 22.4 Å². The molecule has 6 nitrogen and oxygen atoms in total. The minimum atomic E-state index is 0. The van der Waals surface area contributed by atoms with Gasteiger partial charge in [-0.05, 0) is 57.1 Å². The van der Waals surface area contributed by atoms with Crippen molar-refractivity contribution < 1.29 is 4.74 Å². The summed E-state index contributed by atoms with van der Waals surface area (Å²) in [4.78, 5) is 11.0. The predicted molar refractivity (Wildman–Crippen MR) is 138 cm³/mol. The van der Waals surface area contributed by atoms with Crippen molar-refractivity contribution >= 4 is 41.3 Å². The van der Waals surface area contributed by atoms with Crippen LogP contribution < -0.4 is 10.6 Å². The summed E-state index contributed by atoms with van der Waals surface area (Å²) >= 11 is 1.83. The molecule has 3 rings (SSSR count). The van der Waals surface area contributed by atoms with Gasteiger partial charge in [0.15, 0.2) is 5.96 Å². The molecule has 2 fully saturated rings. The van der Waals surface area contributed by atoms with Crippen molar-refractivity contribution in [2.24, 2.45) is 4.99 Å². The Balaban J connectivity index is 0.00000320. The molecule has 2 aliphatic heterocycles. The van der Waals surface area contributed by atoms with Crippen molar-refractivity contribution in [3.8, 4) is 0 Å². The number of guanidine groups is 1. The summed E-state index contributed by atoms with van der Waals surface area (Å²) in [5, 5.41) is 9.22. The van der Waals surface area contributed by atoms with Gasteiger partial charge in [-0.15, -0.1) is 35.3 Å². The summed E-state index contributed by atoms with van der Waals surface area (Å²) in [6.07, 6.45) is 6.57. The lowest BCUT2D eigenvalue weighted by molar-refractivity contribution is 0.0177. The average Bonchev–Trinajstić information content (AvgIpc) is 3.29. The maximum absolute atomic E-state index is 5.54. The van der Waals surface area contributed by atoms with E-state index in [1.54, 1.807) is 0 Å². The Morgan fingerprint density at radius 1 is 1.23 bits per heavy atom. The predicted octanol–water partition coefficient (Wildman–Crippen LogP) is 3.56. The highest BCUT2D eigenvalue weighted by atomic mass is 127. The van der Waals surface area contributed by atoms with Gasteiger partial charge in [0.2, 0.25) is 0 Å². The molecule has 2 N–H and O–H groups in total. The topological polar surface area (TPSA) is 52.1 Å². The van der Waals surface area contributed by atoms with Crippen LogP contribution in [0.25, 0.3) is 0 Å². The van der Waals surface area contributed by atoms with Crippen LogP contribution in [-0.4, -0.2) is 81.3 Å². The molecule has 2 aliphatic rings. The zero-order valence-electron chi connectivity index (χ0n) is 18.6. The van der Waals surface area contributed by atoms with Crippen molar-refractivity contribution in [1.29, 1.82) is 0 Å². The first-order chi connectivity index (χ1) is 14.3. The molecular weight excluding hydrogens is 509 g/mol. The molecule has 2 atom stereocenters. The average molecular weight is 550 g/mol. The highest BCUT2D eigenvalue weighted by Gasteiger charge is 2.23. The minimum Gasteiger partial charge on any atom is -0.379 e. The Bertz CT molecular complexity index is 594. The molecule has 3 heterocycles. The summed E-state index contributed by atoms with van der Waals surface area (Å²) in [6, 6.07) is 5.52. The summed E-state index contributed by atoms with van der Waals surface area (Å²) < 4.78 is 5.54. The number of likely N-dealkylation sites (tertiary alicyclic amines) is 1. The third-order valence-electron chi connectivity index (χ3n) is 6.15. The molecule has 0 saturated carbocycles. The fourth-order valence-corrected chi connectivity index (χ4v) is 5.19. The number of unbranched alkanes of at least 4 members (excludes halogenated alkanes) is 1. The molecule has 0 aromatic carbocycles. The minimum absolute atomic E-state index is 0. The van der Waals surface area contributed by atoms with Crippen LogP contribution in [0.3, 0.4) is 0 Å². The Kier molecular flexibility index (Phi) is 12.6. The van der Waals surface area contributed by atoms with Gasteiger partial charge in [0.05, 0.1) is 19.3 Å². The molecule has 0 bridgehead atoms. The molecule has 0 aliphatic carbocycles. The van der Waals surface area contributed by atoms with E-state index < -0.39 is 0 Å². The molecule has 0 radical (unpaired) electrons. The van der Waals surface area contributed by atoms with Crippen molar-refractivity contribution in [2.75, 3.05) is 59.5 Å². The fourth-order valence-electron chi connectivity index (χ4n) is 4.33. The van der Waals surface area contributed by atoms with Crippen LogP contribution in [0, 0.1) is 0 Å². The van der Waals surface area contributed by atoms with Crippen molar-refractivity contribution in [3.63, 3.8) is 0 Å². The van der Waals surface area contributed by atoms with Gasteiger partial charge in [-0.3, -0.25) is 9.89 Å². The number of thiophene rings is 1. The lowest BCUT2D eigenvalue weighted by Gasteiger charge is -2.34. The monoisotopic (exact) mass is 549 g/mol. The van der Waals surface area contributed by atoms with Crippen LogP contribution >= 0.6 is 35.3 Å². The molecule has 0 spiro atoms. The number of rotatable bonds is 9. The number of halogens is 1. The standard InChI is InChI=1S/C22H39N5OS.HI/c1-19-8-3-5-11-26(19)12-6-4-10-24-22(23-2)25-18-20(21-9-7-17-29-21)27-13-15-28-16-14-27;/h7,9,17,19-20H,3-6,8,10-16,18H2,1-2H3,(H2,23,24,25);1H. The Hall–Kier alpha value is -0.420. The highest BCUT2D eigenvalue weighted by molar-refractivity contribution is 14.0. The van der Waals surface area contributed by atoms with E-state index in [2.05, 4.69) is 49.9 Å². The van der Waals surface area contributed by atoms with Gasteiger partial charge in [-0.2, -0.15) is 0 Å². The van der Waals surface area contributed by atoms with E-state index in [9.17, 15) is 0 Å². The smallest absolute Gasteiger partial charge is 0.191 e. The fraction of sp³-hybridized carbons (Fsp3) is 0.773. The van der Waals surface area contributed by atoms with Gasteiger partial charge in [0, 0.05) is 44.1 Å². The number of nitrogens with one attached hydrogen (secondary N) is 2.